The fraction of sp³-hybridized carbons (Fsp3) is 0.367. The van der Waals surface area contributed by atoms with E-state index < -0.39 is 0 Å². The van der Waals surface area contributed by atoms with Crippen molar-refractivity contribution < 1.29 is 19.0 Å². The van der Waals surface area contributed by atoms with Crippen LogP contribution in [0.2, 0.25) is 15.1 Å². The number of carbonyl (C=O) groups is 1. The lowest BCUT2D eigenvalue weighted by Gasteiger charge is -2.16. The maximum Gasteiger partial charge on any atom is 0.224 e. The molecule has 3 aromatic carbocycles. The van der Waals surface area contributed by atoms with Crippen LogP contribution in [0.25, 0.3) is 0 Å². The molecule has 3 rings (SSSR count). The van der Waals surface area contributed by atoms with Crippen molar-refractivity contribution in [3.8, 4) is 11.5 Å². The Morgan fingerprint density at radius 3 is 2.18 bits per heavy atom. The number of rotatable bonds is 14. The standard InChI is InChI=1S/C29H33Cl3N2O4.CH4/c1-19-13-26(31)28(27(32)14-19)38-12-11-37-24-6-3-20(4-7-24)15-22(17-33)29(35)34-18-23-16-21(9-10-36-2)5-8-25(23)30;/h3-8,13-14,16,22H,9-12,15,17-18,33H2,1-2H3,(H,34,35);1H4. The molecular formula is C30H37Cl3N2O4. The van der Waals surface area contributed by atoms with Gasteiger partial charge in [-0.1, -0.05) is 66.5 Å². The van der Waals surface area contributed by atoms with Crippen molar-refractivity contribution in [2.24, 2.45) is 11.7 Å². The summed E-state index contributed by atoms with van der Waals surface area (Å²) >= 11 is 18.7. The number of aryl methyl sites for hydroxylation is 1. The highest BCUT2D eigenvalue weighted by molar-refractivity contribution is 6.37. The minimum atomic E-state index is -0.366. The van der Waals surface area contributed by atoms with Crippen LogP contribution in [0.1, 0.15) is 29.7 Å². The first-order valence-corrected chi connectivity index (χ1v) is 13.5. The summed E-state index contributed by atoms with van der Waals surface area (Å²) in [7, 11) is 1.67. The third-order valence-corrected chi connectivity index (χ3v) is 6.89. The number of nitrogens with two attached hydrogens (primary N) is 1. The number of methoxy groups -OCH3 is 1. The molecule has 1 unspecified atom stereocenters. The smallest absolute Gasteiger partial charge is 0.224 e. The lowest BCUT2D eigenvalue weighted by Crippen LogP contribution is -2.36. The molecule has 0 saturated carbocycles. The predicted octanol–water partition coefficient (Wildman–Crippen LogP) is 6.67. The summed E-state index contributed by atoms with van der Waals surface area (Å²) in [6.07, 6.45) is 1.29. The minimum Gasteiger partial charge on any atom is -0.490 e. The van der Waals surface area contributed by atoms with Crippen LogP contribution in [-0.2, 0) is 28.9 Å². The molecule has 0 aromatic heterocycles. The first-order valence-electron chi connectivity index (χ1n) is 12.3. The molecule has 1 amide bonds. The first kappa shape index (κ1) is 32.7. The van der Waals surface area contributed by atoms with Crippen LogP contribution < -0.4 is 20.5 Å². The Morgan fingerprint density at radius 1 is 0.897 bits per heavy atom. The van der Waals surface area contributed by atoms with Crippen LogP contribution in [0, 0.1) is 12.8 Å². The summed E-state index contributed by atoms with van der Waals surface area (Å²) in [5.74, 6) is 0.659. The SMILES string of the molecule is C.COCCc1ccc(Cl)c(CNC(=O)C(CN)Cc2ccc(OCCOc3c(Cl)cc(C)cc3Cl)cc2)c1. The van der Waals surface area contributed by atoms with Gasteiger partial charge >= 0.3 is 0 Å². The fourth-order valence-electron chi connectivity index (χ4n) is 3.88. The minimum absolute atomic E-state index is 0. The van der Waals surface area contributed by atoms with E-state index in [0.717, 1.165) is 28.7 Å². The van der Waals surface area contributed by atoms with Crippen molar-refractivity contribution in [1.29, 1.82) is 0 Å². The van der Waals surface area contributed by atoms with E-state index in [0.29, 0.717) is 59.4 Å². The molecule has 1 atom stereocenters. The van der Waals surface area contributed by atoms with Gasteiger partial charge in [0.25, 0.3) is 0 Å². The number of benzene rings is 3. The highest BCUT2D eigenvalue weighted by atomic mass is 35.5. The number of halogens is 3. The molecule has 0 spiro atoms. The quantitative estimate of drug-likeness (QED) is 0.203. The van der Waals surface area contributed by atoms with Crippen molar-refractivity contribution in [2.45, 2.75) is 33.7 Å². The van der Waals surface area contributed by atoms with Gasteiger partial charge < -0.3 is 25.3 Å². The Bertz CT molecular complexity index is 1180. The summed E-state index contributed by atoms with van der Waals surface area (Å²) < 4.78 is 16.6. The third-order valence-electron chi connectivity index (χ3n) is 5.96. The van der Waals surface area contributed by atoms with Gasteiger partial charge in [0.2, 0.25) is 5.91 Å². The van der Waals surface area contributed by atoms with E-state index in [2.05, 4.69) is 5.32 Å². The molecular weight excluding hydrogens is 559 g/mol. The van der Waals surface area contributed by atoms with Gasteiger partial charge in [0, 0.05) is 25.2 Å². The number of hydrogen-bond acceptors (Lipinski definition) is 5. The van der Waals surface area contributed by atoms with Gasteiger partial charge in [-0.3, -0.25) is 4.79 Å². The molecule has 9 heteroatoms. The fourth-order valence-corrected chi connectivity index (χ4v) is 4.77. The van der Waals surface area contributed by atoms with E-state index in [9.17, 15) is 4.79 Å². The molecule has 0 aliphatic rings. The van der Waals surface area contributed by atoms with Crippen LogP contribution >= 0.6 is 34.8 Å². The van der Waals surface area contributed by atoms with E-state index >= 15 is 0 Å². The monoisotopic (exact) mass is 594 g/mol. The van der Waals surface area contributed by atoms with Crippen LogP contribution in [0.5, 0.6) is 11.5 Å². The number of carbonyl (C=O) groups excluding carboxylic acids is 1. The Kier molecular flexibility index (Phi) is 13.9. The van der Waals surface area contributed by atoms with Gasteiger partial charge in [0.05, 0.1) is 22.6 Å². The summed E-state index contributed by atoms with van der Waals surface area (Å²) in [6.45, 7) is 3.72. The van der Waals surface area contributed by atoms with E-state index in [1.165, 1.54) is 0 Å². The molecule has 39 heavy (non-hydrogen) atoms. The molecule has 6 nitrogen and oxygen atoms in total. The Balaban J connectivity index is 0.00000533. The zero-order valence-electron chi connectivity index (χ0n) is 21.6. The van der Waals surface area contributed by atoms with Gasteiger partial charge in [-0.15, -0.1) is 0 Å². The van der Waals surface area contributed by atoms with Crippen molar-refractivity contribution in [3.63, 3.8) is 0 Å². The van der Waals surface area contributed by atoms with Gasteiger partial charge in [0.15, 0.2) is 5.75 Å². The second kappa shape index (κ2) is 16.6. The molecule has 0 heterocycles. The zero-order valence-corrected chi connectivity index (χ0v) is 23.8. The van der Waals surface area contributed by atoms with Gasteiger partial charge in [0.1, 0.15) is 19.0 Å². The van der Waals surface area contributed by atoms with Crippen LogP contribution in [0.4, 0.5) is 0 Å². The second-order valence-electron chi connectivity index (χ2n) is 8.92. The van der Waals surface area contributed by atoms with E-state index in [1.54, 1.807) is 19.2 Å². The van der Waals surface area contributed by atoms with Crippen LogP contribution in [-0.4, -0.2) is 39.4 Å². The summed E-state index contributed by atoms with van der Waals surface area (Å²) in [4.78, 5) is 12.8. The normalized spacial score (nSPS) is 11.4. The van der Waals surface area contributed by atoms with Gasteiger partial charge in [-0.25, -0.2) is 0 Å². The van der Waals surface area contributed by atoms with E-state index in [1.807, 2.05) is 49.4 Å². The van der Waals surface area contributed by atoms with Crippen LogP contribution in [0.15, 0.2) is 54.6 Å². The van der Waals surface area contributed by atoms with Crippen molar-refractivity contribution >= 4 is 40.7 Å². The zero-order chi connectivity index (χ0) is 27.5. The summed E-state index contributed by atoms with van der Waals surface area (Å²) in [5.41, 5.74) is 9.84. The molecule has 0 aliphatic carbocycles. The average molecular weight is 596 g/mol. The number of amides is 1. The van der Waals surface area contributed by atoms with Crippen molar-refractivity contribution in [3.05, 3.63) is 91.9 Å². The molecule has 212 valence electrons. The third kappa shape index (κ3) is 10.2. The molecule has 0 saturated heterocycles. The van der Waals surface area contributed by atoms with Crippen molar-refractivity contribution in [2.75, 3.05) is 33.5 Å². The summed E-state index contributed by atoms with van der Waals surface area (Å²) in [5, 5.41) is 4.52. The second-order valence-corrected chi connectivity index (χ2v) is 10.1. The number of hydrogen-bond donors (Lipinski definition) is 2. The highest BCUT2D eigenvalue weighted by Gasteiger charge is 2.18. The highest BCUT2D eigenvalue weighted by Crippen LogP contribution is 2.34. The molecule has 0 radical (unpaired) electrons. The number of ether oxygens (including phenoxy) is 3. The topological polar surface area (TPSA) is 82.8 Å². The molecule has 3 aromatic rings. The maximum atomic E-state index is 12.8. The Hall–Kier alpha value is -2.48. The molecule has 0 bridgehead atoms. The van der Waals surface area contributed by atoms with Gasteiger partial charge in [-0.05, 0) is 72.4 Å². The summed E-state index contributed by atoms with van der Waals surface area (Å²) in [6, 6.07) is 17.0. The largest absolute Gasteiger partial charge is 0.490 e. The number of nitrogens with one attached hydrogen (secondary N) is 1. The maximum absolute atomic E-state index is 12.8. The first-order chi connectivity index (χ1) is 18.3. The lowest BCUT2D eigenvalue weighted by molar-refractivity contribution is -0.124. The van der Waals surface area contributed by atoms with Crippen LogP contribution in [0.3, 0.4) is 0 Å². The van der Waals surface area contributed by atoms with E-state index in [-0.39, 0.29) is 25.8 Å². The van der Waals surface area contributed by atoms with Gasteiger partial charge in [-0.2, -0.15) is 0 Å². The van der Waals surface area contributed by atoms with E-state index in [4.69, 9.17) is 54.7 Å². The lowest BCUT2D eigenvalue weighted by atomic mass is 9.98. The molecule has 3 N–H and O–H groups in total. The average Bonchev–Trinajstić information content (AvgIpc) is 2.90. The molecule has 0 aliphatic heterocycles. The predicted molar refractivity (Wildman–Crippen MR) is 160 cm³/mol. The Morgan fingerprint density at radius 2 is 1.54 bits per heavy atom. The Labute approximate surface area is 246 Å². The molecule has 0 fully saturated rings. The van der Waals surface area contributed by atoms with Crippen molar-refractivity contribution in [1.82, 2.24) is 5.32 Å².